The van der Waals surface area contributed by atoms with Crippen LogP contribution in [0.3, 0.4) is 0 Å². The Balaban J connectivity index is 1.41. The van der Waals surface area contributed by atoms with Gasteiger partial charge in [0, 0.05) is 11.5 Å². The van der Waals surface area contributed by atoms with E-state index in [2.05, 4.69) is 6.07 Å². The minimum absolute atomic E-state index is 0.0563. The Morgan fingerprint density at radius 3 is 2.57 bits per heavy atom. The first-order valence-electron chi connectivity index (χ1n) is 10.7. The normalized spacial score (nSPS) is 22.1. The van der Waals surface area contributed by atoms with Crippen molar-refractivity contribution < 1.29 is 24.1 Å². The van der Waals surface area contributed by atoms with Gasteiger partial charge < -0.3 is 19.3 Å². The molecule has 1 unspecified atom stereocenters. The minimum Gasteiger partial charge on any atom is -0.497 e. The molecular formula is C25H30O5. The summed E-state index contributed by atoms with van der Waals surface area (Å²) in [6, 6.07) is 13.9. The summed E-state index contributed by atoms with van der Waals surface area (Å²) < 4.78 is 17.0. The highest BCUT2D eigenvalue weighted by atomic mass is 16.5. The predicted octanol–water partition coefficient (Wildman–Crippen LogP) is 5.10. The van der Waals surface area contributed by atoms with Crippen molar-refractivity contribution in [2.24, 2.45) is 17.8 Å². The third-order valence-electron chi connectivity index (χ3n) is 6.52. The standard InChI is InChI=1S/C25H30O5/c1-15(25(26)27)24(16-7-8-16)17-5-4-6-20(11-17)30-14-18-12-21(18)22-13-19(28-2)9-10-23(22)29-3/h4-6,9-11,13,15-16,18,21,24H,7-8,12,14H2,1-3H3,(H,26,27)/t15-,18+,21-,24?/m0/s1. The summed E-state index contributed by atoms with van der Waals surface area (Å²) in [5, 5.41) is 9.51. The number of carbonyl (C=O) groups is 1. The van der Waals surface area contributed by atoms with Gasteiger partial charge in [-0.05, 0) is 72.9 Å². The molecule has 5 heteroatoms. The van der Waals surface area contributed by atoms with Crippen LogP contribution in [0.15, 0.2) is 42.5 Å². The lowest BCUT2D eigenvalue weighted by atomic mass is 9.83. The zero-order valence-corrected chi connectivity index (χ0v) is 17.8. The van der Waals surface area contributed by atoms with Gasteiger partial charge in [-0.25, -0.2) is 0 Å². The van der Waals surface area contributed by atoms with Gasteiger partial charge in [0.25, 0.3) is 0 Å². The zero-order valence-electron chi connectivity index (χ0n) is 17.8. The van der Waals surface area contributed by atoms with Gasteiger partial charge in [0.1, 0.15) is 17.2 Å². The second-order valence-corrected chi connectivity index (χ2v) is 8.58. The Bertz CT molecular complexity index is 904. The van der Waals surface area contributed by atoms with Crippen LogP contribution in [0.4, 0.5) is 0 Å². The highest BCUT2D eigenvalue weighted by molar-refractivity contribution is 5.71. The molecule has 4 atom stereocenters. The lowest BCUT2D eigenvalue weighted by molar-refractivity contribution is -0.142. The SMILES string of the molecule is COc1ccc(OC)c([C@H]2C[C@@H]2COc2cccc(C(C3CC3)[C@H](C)C(=O)O)c2)c1. The molecule has 2 fully saturated rings. The fourth-order valence-electron chi connectivity index (χ4n) is 4.53. The molecule has 0 heterocycles. The highest BCUT2D eigenvalue weighted by Crippen LogP contribution is 2.51. The van der Waals surface area contributed by atoms with Crippen LogP contribution >= 0.6 is 0 Å². The molecule has 0 aliphatic heterocycles. The predicted molar refractivity (Wildman–Crippen MR) is 115 cm³/mol. The first-order chi connectivity index (χ1) is 14.5. The number of methoxy groups -OCH3 is 2. The molecule has 0 bridgehead atoms. The molecule has 5 nitrogen and oxygen atoms in total. The van der Waals surface area contributed by atoms with Crippen LogP contribution in [0.5, 0.6) is 17.2 Å². The topological polar surface area (TPSA) is 65.0 Å². The summed E-state index contributed by atoms with van der Waals surface area (Å²) >= 11 is 0. The maximum atomic E-state index is 11.6. The second-order valence-electron chi connectivity index (χ2n) is 8.58. The lowest BCUT2D eigenvalue weighted by Crippen LogP contribution is -2.20. The van der Waals surface area contributed by atoms with Crippen molar-refractivity contribution in [3.8, 4) is 17.2 Å². The van der Waals surface area contributed by atoms with Crippen molar-refractivity contribution in [3.63, 3.8) is 0 Å². The van der Waals surface area contributed by atoms with Gasteiger partial charge >= 0.3 is 5.97 Å². The molecule has 2 saturated carbocycles. The first kappa shape index (κ1) is 20.6. The largest absolute Gasteiger partial charge is 0.497 e. The monoisotopic (exact) mass is 410 g/mol. The molecule has 160 valence electrons. The fraction of sp³-hybridized carbons (Fsp3) is 0.480. The van der Waals surface area contributed by atoms with Crippen LogP contribution in [-0.4, -0.2) is 31.9 Å². The summed E-state index contributed by atoms with van der Waals surface area (Å²) in [7, 11) is 3.37. The summed E-state index contributed by atoms with van der Waals surface area (Å²) in [5.41, 5.74) is 2.25. The van der Waals surface area contributed by atoms with Crippen LogP contribution in [0, 0.1) is 17.8 Å². The lowest BCUT2D eigenvalue weighted by Gasteiger charge is -2.21. The molecule has 4 rings (SSSR count). The summed E-state index contributed by atoms with van der Waals surface area (Å²) in [4.78, 5) is 11.6. The van der Waals surface area contributed by atoms with Crippen molar-refractivity contribution in [1.29, 1.82) is 0 Å². The molecule has 2 aliphatic rings. The number of rotatable bonds is 10. The minimum atomic E-state index is -0.730. The van der Waals surface area contributed by atoms with E-state index in [1.54, 1.807) is 14.2 Å². The van der Waals surface area contributed by atoms with Crippen LogP contribution < -0.4 is 14.2 Å². The van der Waals surface area contributed by atoms with Crippen LogP contribution in [0.2, 0.25) is 0 Å². The van der Waals surface area contributed by atoms with E-state index in [-0.39, 0.29) is 11.8 Å². The number of ether oxygens (including phenoxy) is 3. The van der Waals surface area contributed by atoms with Crippen molar-refractivity contribution in [3.05, 3.63) is 53.6 Å². The highest BCUT2D eigenvalue weighted by Gasteiger charge is 2.41. The van der Waals surface area contributed by atoms with Gasteiger partial charge in [-0.3, -0.25) is 4.79 Å². The van der Waals surface area contributed by atoms with E-state index in [0.717, 1.165) is 42.1 Å². The molecule has 2 aliphatic carbocycles. The maximum absolute atomic E-state index is 11.6. The molecule has 0 aromatic heterocycles. The van der Waals surface area contributed by atoms with Crippen LogP contribution in [0.25, 0.3) is 0 Å². The average molecular weight is 411 g/mol. The number of hydrogen-bond acceptors (Lipinski definition) is 4. The molecule has 30 heavy (non-hydrogen) atoms. The number of carboxylic acids is 1. The molecule has 2 aromatic rings. The Hall–Kier alpha value is -2.69. The van der Waals surface area contributed by atoms with Crippen molar-refractivity contribution in [2.45, 2.75) is 38.0 Å². The Labute approximate surface area is 178 Å². The van der Waals surface area contributed by atoms with E-state index in [9.17, 15) is 9.90 Å². The third kappa shape index (κ3) is 4.40. The first-order valence-corrected chi connectivity index (χ1v) is 10.7. The van der Waals surface area contributed by atoms with Crippen LogP contribution in [-0.2, 0) is 4.79 Å². The molecule has 0 radical (unpaired) electrons. The van der Waals surface area contributed by atoms with Crippen molar-refractivity contribution >= 4 is 5.97 Å². The number of benzene rings is 2. The molecule has 2 aromatic carbocycles. The van der Waals surface area contributed by atoms with Crippen molar-refractivity contribution in [1.82, 2.24) is 0 Å². The molecule has 0 saturated heterocycles. The van der Waals surface area contributed by atoms with Crippen molar-refractivity contribution in [2.75, 3.05) is 20.8 Å². The number of hydrogen-bond donors (Lipinski definition) is 1. The number of aliphatic carboxylic acids is 1. The maximum Gasteiger partial charge on any atom is 0.306 e. The quantitative estimate of drug-likeness (QED) is 0.590. The Morgan fingerprint density at radius 1 is 1.10 bits per heavy atom. The molecule has 0 spiro atoms. The van der Waals surface area contributed by atoms with Crippen LogP contribution in [0.1, 0.15) is 49.1 Å². The summed E-state index contributed by atoms with van der Waals surface area (Å²) in [6.45, 7) is 2.45. The third-order valence-corrected chi connectivity index (χ3v) is 6.52. The average Bonchev–Trinajstić information content (AvgIpc) is 3.67. The van der Waals surface area contributed by atoms with E-state index in [4.69, 9.17) is 14.2 Å². The van der Waals surface area contributed by atoms with Gasteiger partial charge in [-0.2, -0.15) is 0 Å². The molecular weight excluding hydrogens is 380 g/mol. The van der Waals surface area contributed by atoms with Gasteiger partial charge in [-0.1, -0.05) is 19.1 Å². The van der Waals surface area contributed by atoms with Gasteiger partial charge in [0.2, 0.25) is 0 Å². The summed E-state index contributed by atoms with van der Waals surface area (Å²) in [5.74, 6) is 2.80. The molecule has 0 amide bonds. The van der Waals surface area contributed by atoms with Gasteiger partial charge in [0.05, 0.1) is 26.7 Å². The zero-order chi connectivity index (χ0) is 21.3. The number of carboxylic acid groups (broad SMARTS) is 1. The van der Waals surface area contributed by atoms with E-state index in [1.165, 1.54) is 5.56 Å². The summed E-state index contributed by atoms with van der Waals surface area (Å²) in [6.07, 6.45) is 3.28. The van der Waals surface area contributed by atoms with E-state index in [1.807, 2.05) is 43.3 Å². The van der Waals surface area contributed by atoms with Gasteiger partial charge in [-0.15, -0.1) is 0 Å². The Kier molecular flexibility index (Phi) is 5.89. The van der Waals surface area contributed by atoms with E-state index < -0.39 is 5.97 Å². The Morgan fingerprint density at radius 2 is 1.90 bits per heavy atom. The van der Waals surface area contributed by atoms with E-state index >= 15 is 0 Å². The fourth-order valence-corrected chi connectivity index (χ4v) is 4.53. The second kappa shape index (κ2) is 8.58. The molecule has 1 N–H and O–H groups in total. The van der Waals surface area contributed by atoms with E-state index in [0.29, 0.717) is 24.4 Å². The van der Waals surface area contributed by atoms with Gasteiger partial charge in [0.15, 0.2) is 0 Å². The smallest absolute Gasteiger partial charge is 0.306 e.